The SMILES string of the molecule is CC1=CCC([C@@H](C)CCC(=O)O)C1(C)C. The van der Waals surface area contributed by atoms with E-state index in [9.17, 15) is 4.79 Å². The summed E-state index contributed by atoms with van der Waals surface area (Å²) in [6.07, 6.45) is 4.51. The second-order valence-electron chi connectivity index (χ2n) is 5.36. The molecule has 2 atom stereocenters. The van der Waals surface area contributed by atoms with E-state index in [0.29, 0.717) is 18.3 Å². The van der Waals surface area contributed by atoms with E-state index in [1.807, 2.05) is 0 Å². The third-order valence-electron chi connectivity index (χ3n) is 4.12. The van der Waals surface area contributed by atoms with Crippen LogP contribution in [0.2, 0.25) is 0 Å². The zero-order chi connectivity index (χ0) is 11.6. The minimum atomic E-state index is -0.678. The molecule has 0 aromatic heterocycles. The van der Waals surface area contributed by atoms with Crippen molar-refractivity contribution in [2.45, 2.75) is 47.0 Å². The fraction of sp³-hybridized carbons (Fsp3) is 0.769. The summed E-state index contributed by atoms with van der Waals surface area (Å²) in [5.41, 5.74) is 1.70. The van der Waals surface area contributed by atoms with E-state index in [-0.39, 0.29) is 5.41 Å². The predicted molar refractivity (Wildman–Crippen MR) is 61.7 cm³/mol. The van der Waals surface area contributed by atoms with Crippen molar-refractivity contribution in [3.63, 3.8) is 0 Å². The highest BCUT2D eigenvalue weighted by Crippen LogP contribution is 2.47. The molecule has 0 aromatic carbocycles. The number of rotatable bonds is 4. The Hall–Kier alpha value is -0.790. The molecule has 0 heterocycles. The Morgan fingerprint density at radius 3 is 2.67 bits per heavy atom. The van der Waals surface area contributed by atoms with Gasteiger partial charge < -0.3 is 5.11 Å². The predicted octanol–water partition coefficient (Wildman–Crippen LogP) is 3.48. The highest BCUT2D eigenvalue weighted by molar-refractivity contribution is 5.66. The molecule has 0 saturated heterocycles. The number of carbonyl (C=O) groups is 1. The van der Waals surface area contributed by atoms with Crippen molar-refractivity contribution in [3.8, 4) is 0 Å². The van der Waals surface area contributed by atoms with Crippen LogP contribution in [0.15, 0.2) is 11.6 Å². The van der Waals surface area contributed by atoms with Gasteiger partial charge in [0.25, 0.3) is 0 Å². The van der Waals surface area contributed by atoms with Gasteiger partial charge in [0.15, 0.2) is 0 Å². The molecule has 0 bridgehead atoms. The summed E-state index contributed by atoms with van der Waals surface area (Å²) in [7, 11) is 0. The van der Waals surface area contributed by atoms with E-state index < -0.39 is 5.97 Å². The fourth-order valence-corrected chi connectivity index (χ4v) is 2.65. The summed E-state index contributed by atoms with van der Waals surface area (Å²) in [6.45, 7) is 8.91. The lowest BCUT2D eigenvalue weighted by atomic mass is 9.71. The number of aliphatic carboxylic acids is 1. The summed E-state index contributed by atoms with van der Waals surface area (Å²) < 4.78 is 0. The minimum absolute atomic E-state index is 0.248. The van der Waals surface area contributed by atoms with E-state index >= 15 is 0 Å². The van der Waals surface area contributed by atoms with Gasteiger partial charge in [-0.15, -0.1) is 0 Å². The Balaban J connectivity index is 2.55. The van der Waals surface area contributed by atoms with Gasteiger partial charge in [0.05, 0.1) is 0 Å². The van der Waals surface area contributed by atoms with Gasteiger partial charge in [0.1, 0.15) is 0 Å². The van der Waals surface area contributed by atoms with Gasteiger partial charge in [-0.2, -0.15) is 0 Å². The van der Waals surface area contributed by atoms with Crippen LogP contribution in [0.5, 0.6) is 0 Å². The highest BCUT2D eigenvalue weighted by Gasteiger charge is 2.37. The maximum Gasteiger partial charge on any atom is 0.303 e. The van der Waals surface area contributed by atoms with E-state index in [1.54, 1.807) is 0 Å². The molecule has 0 radical (unpaired) electrons. The third-order valence-corrected chi connectivity index (χ3v) is 4.12. The average Bonchev–Trinajstić information content (AvgIpc) is 2.38. The smallest absolute Gasteiger partial charge is 0.303 e. The number of carboxylic acid groups (broad SMARTS) is 1. The number of hydrogen-bond donors (Lipinski definition) is 1. The molecular weight excluding hydrogens is 188 g/mol. The molecule has 1 unspecified atom stereocenters. The number of hydrogen-bond acceptors (Lipinski definition) is 1. The Labute approximate surface area is 92.4 Å². The van der Waals surface area contributed by atoms with Crippen LogP contribution >= 0.6 is 0 Å². The maximum absolute atomic E-state index is 10.5. The molecule has 1 aliphatic carbocycles. The van der Waals surface area contributed by atoms with Gasteiger partial charge in [0, 0.05) is 6.42 Å². The van der Waals surface area contributed by atoms with Gasteiger partial charge in [-0.25, -0.2) is 0 Å². The molecule has 1 rings (SSSR count). The molecule has 2 nitrogen and oxygen atoms in total. The second-order valence-corrected chi connectivity index (χ2v) is 5.36. The van der Waals surface area contributed by atoms with Crippen LogP contribution in [0.3, 0.4) is 0 Å². The third kappa shape index (κ3) is 2.61. The monoisotopic (exact) mass is 210 g/mol. The first-order chi connectivity index (χ1) is 6.85. The van der Waals surface area contributed by atoms with Gasteiger partial charge >= 0.3 is 5.97 Å². The van der Waals surface area contributed by atoms with Crippen molar-refractivity contribution in [2.24, 2.45) is 17.3 Å². The van der Waals surface area contributed by atoms with Gasteiger partial charge in [-0.3, -0.25) is 4.79 Å². The van der Waals surface area contributed by atoms with Crippen molar-refractivity contribution in [1.82, 2.24) is 0 Å². The highest BCUT2D eigenvalue weighted by atomic mass is 16.4. The van der Waals surface area contributed by atoms with E-state index in [1.165, 1.54) is 5.57 Å². The summed E-state index contributed by atoms with van der Waals surface area (Å²) in [4.78, 5) is 10.5. The van der Waals surface area contributed by atoms with Crippen molar-refractivity contribution in [3.05, 3.63) is 11.6 Å². The van der Waals surface area contributed by atoms with Crippen molar-refractivity contribution in [1.29, 1.82) is 0 Å². The van der Waals surface area contributed by atoms with Crippen LogP contribution in [0.4, 0.5) is 0 Å². The van der Waals surface area contributed by atoms with Crippen LogP contribution in [0, 0.1) is 17.3 Å². The lowest BCUT2D eigenvalue weighted by Gasteiger charge is -2.34. The summed E-state index contributed by atoms with van der Waals surface area (Å²) in [6, 6.07) is 0. The lowest BCUT2D eigenvalue weighted by Crippen LogP contribution is -2.26. The van der Waals surface area contributed by atoms with Gasteiger partial charge in [0.2, 0.25) is 0 Å². The van der Waals surface area contributed by atoms with Crippen molar-refractivity contribution < 1.29 is 9.90 Å². The zero-order valence-electron chi connectivity index (χ0n) is 10.2. The van der Waals surface area contributed by atoms with Crippen LogP contribution in [0.25, 0.3) is 0 Å². The van der Waals surface area contributed by atoms with Crippen LogP contribution in [-0.4, -0.2) is 11.1 Å². The van der Waals surface area contributed by atoms with Crippen LogP contribution in [-0.2, 0) is 4.79 Å². The molecule has 1 N–H and O–H groups in total. The Kier molecular flexibility index (Phi) is 3.58. The van der Waals surface area contributed by atoms with Crippen LogP contribution < -0.4 is 0 Å². The normalized spacial score (nSPS) is 26.1. The first-order valence-electron chi connectivity index (χ1n) is 5.74. The largest absolute Gasteiger partial charge is 0.481 e. The molecule has 0 aliphatic heterocycles. The standard InChI is InChI=1S/C13H22O2/c1-9(5-8-12(14)15)11-7-6-10(2)13(11,3)4/h6,9,11H,5,7-8H2,1-4H3,(H,14,15)/t9-,11?/m0/s1. The minimum Gasteiger partial charge on any atom is -0.481 e. The number of allylic oxidation sites excluding steroid dienone is 2. The second kappa shape index (κ2) is 4.38. The average molecular weight is 210 g/mol. The van der Waals surface area contributed by atoms with E-state index in [4.69, 9.17) is 5.11 Å². The topological polar surface area (TPSA) is 37.3 Å². The quantitative estimate of drug-likeness (QED) is 0.721. The van der Waals surface area contributed by atoms with Crippen molar-refractivity contribution in [2.75, 3.05) is 0 Å². The lowest BCUT2D eigenvalue weighted by molar-refractivity contribution is -0.137. The molecule has 0 saturated carbocycles. The van der Waals surface area contributed by atoms with Gasteiger partial charge in [-0.1, -0.05) is 32.4 Å². The molecule has 86 valence electrons. The Morgan fingerprint density at radius 1 is 1.67 bits per heavy atom. The molecule has 1 aliphatic rings. The summed E-state index contributed by atoms with van der Waals surface area (Å²) >= 11 is 0. The molecular formula is C13H22O2. The molecule has 0 fully saturated rings. The van der Waals surface area contributed by atoms with Gasteiger partial charge in [-0.05, 0) is 37.0 Å². The van der Waals surface area contributed by atoms with E-state index in [2.05, 4.69) is 33.8 Å². The zero-order valence-corrected chi connectivity index (χ0v) is 10.2. The molecule has 2 heteroatoms. The molecule has 15 heavy (non-hydrogen) atoms. The number of carboxylic acids is 1. The summed E-state index contributed by atoms with van der Waals surface area (Å²) in [5, 5.41) is 8.67. The maximum atomic E-state index is 10.5. The van der Waals surface area contributed by atoms with E-state index in [0.717, 1.165) is 12.8 Å². The van der Waals surface area contributed by atoms with Crippen molar-refractivity contribution >= 4 is 5.97 Å². The Morgan fingerprint density at radius 2 is 2.27 bits per heavy atom. The molecule has 0 spiro atoms. The first kappa shape index (κ1) is 12.3. The fourth-order valence-electron chi connectivity index (χ4n) is 2.65. The Bertz CT molecular complexity index is 276. The molecule has 0 aromatic rings. The first-order valence-corrected chi connectivity index (χ1v) is 5.74. The molecule has 0 amide bonds. The summed E-state index contributed by atoms with van der Waals surface area (Å²) in [5.74, 6) is 0.420. The van der Waals surface area contributed by atoms with Crippen LogP contribution in [0.1, 0.15) is 47.0 Å².